The number of para-hydroxylation sites is 1. The third kappa shape index (κ3) is 3.62. The molecule has 0 saturated heterocycles. The van der Waals surface area contributed by atoms with Gasteiger partial charge in [-0.25, -0.2) is 9.78 Å². The van der Waals surface area contributed by atoms with E-state index >= 15 is 0 Å². The van der Waals surface area contributed by atoms with Crippen LogP contribution in [0.3, 0.4) is 0 Å². The highest BCUT2D eigenvalue weighted by Crippen LogP contribution is 2.21. The number of fused-ring (bicyclic) bond motifs is 1. The Balaban J connectivity index is 2.23. The summed E-state index contributed by atoms with van der Waals surface area (Å²) in [6, 6.07) is 8.51. The van der Waals surface area contributed by atoms with E-state index in [2.05, 4.69) is 16.9 Å². The minimum Gasteiger partial charge on any atom is -0.449 e. The minimum absolute atomic E-state index is 0.189. The van der Waals surface area contributed by atoms with Gasteiger partial charge in [-0.3, -0.25) is 4.79 Å². The van der Waals surface area contributed by atoms with Crippen molar-refractivity contribution in [3.8, 4) is 0 Å². The number of aromatic nitrogens is 1. The predicted octanol–water partition coefficient (Wildman–Crippen LogP) is 2.74. The average molecular weight is 319 g/mol. The number of rotatable bonds is 5. The number of carbonyl (C=O) groups is 2. The Labute approximate surface area is 132 Å². The molecule has 0 unspecified atom stereocenters. The molecule has 5 nitrogen and oxygen atoms in total. The molecule has 0 fully saturated rings. The van der Waals surface area contributed by atoms with Crippen LogP contribution < -0.4 is 5.32 Å². The Morgan fingerprint density at radius 1 is 1.45 bits per heavy atom. The quantitative estimate of drug-likeness (QED) is 0.523. The van der Waals surface area contributed by atoms with E-state index in [0.29, 0.717) is 17.4 Å². The molecule has 2 rings (SSSR count). The Morgan fingerprint density at radius 3 is 2.91 bits per heavy atom. The largest absolute Gasteiger partial charge is 0.449 e. The van der Waals surface area contributed by atoms with Gasteiger partial charge in [0.1, 0.15) is 5.15 Å². The lowest BCUT2D eigenvalue weighted by Crippen LogP contribution is -2.35. The van der Waals surface area contributed by atoms with Crippen molar-refractivity contribution >= 4 is 34.4 Å². The molecule has 1 aromatic carbocycles. The van der Waals surface area contributed by atoms with E-state index in [4.69, 9.17) is 16.3 Å². The highest BCUT2D eigenvalue weighted by molar-refractivity contribution is 6.30. The maximum absolute atomic E-state index is 12.3. The van der Waals surface area contributed by atoms with Crippen molar-refractivity contribution in [3.63, 3.8) is 0 Å². The van der Waals surface area contributed by atoms with Gasteiger partial charge in [0.25, 0.3) is 5.91 Å². The van der Waals surface area contributed by atoms with Gasteiger partial charge in [0, 0.05) is 11.9 Å². The summed E-state index contributed by atoms with van der Waals surface area (Å²) in [4.78, 5) is 28.2. The number of pyridine rings is 1. The number of amides is 1. The summed E-state index contributed by atoms with van der Waals surface area (Å²) < 4.78 is 5.19. The second kappa shape index (κ2) is 7.04. The SMILES string of the molecule is C=CCNC(=O)[C@H](C)OC(=O)c1cc(Cl)nc2ccccc12. The highest BCUT2D eigenvalue weighted by atomic mass is 35.5. The summed E-state index contributed by atoms with van der Waals surface area (Å²) in [5, 5.41) is 3.38. The third-order valence-corrected chi connectivity index (χ3v) is 3.17. The first-order chi connectivity index (χ1) is 10.5. The molecule has 1 amide bonds. The molecule has 114 valence electrons. The van der Waals surface area contributed by atoms with Gasteiger partial charge < -0.3 is 10.1 Å². The van der Waals surface area contributed by atoms with Gasteiger partial charge in [-0.2, -0.15) is 0 Å². The van der Waals surface area contributed by atoms with E-state index in [9.17, 15) is 9.59 Å². The molecule has 1 heterocycles. The first-order valence-corrected chi connectivity index (χ1v) is 7.05. The molecule has 0 radical (unpaired) electrons. The zero-order valence-corrected chi connectivity index (χ0v) is 12.8. The van der Waals surface area contributed by atoms with Crippen molar-refractivity contribution in [3.05, 3.63) is 53.7 Å². The van der Waals surface area contributed by atoms with Crippen LogP contribution in [-0.4, -0.2) is 29.5 Å². The number of hydrogen-bond acceptors (Lipinski definition) is 4. The second-order valence-corrected chi connectivity index (χ2v) is 4.98. The maximum atomic E-state index is 12.3. The molecular weight excluding hydrogens is 304 g/mol. The number of hydrogen-bond donors (Lipinski definition) is 1. The topological polar surface area (TPSA) is 68.3 Å². The zero-order chi connectivity index (χ0) is 16.1. The number of nitrogens with one attached hydrogen (secondary N) is 1. The van der Waals surface area contributed by atoms with Gasteiger partial charge in [-0.1, -0.05) is 35.9 Å². The summed E-state index contributed by atoms with van der Waals surface area (Å²) >= 11 is 5.93. The summed E-state index contributed by atoms with van der Waals surface area (Å²) in [5.74, 6) is -1.01. The summed E-state index contributed by atoms with van der Waals surface area (Å²) in [6.45, 7) is 5.31. The smallest absolute Gasteiger partial charge is 0.339 e. The van der Waals surface area contributed by atoms with E-state index in [1.807, 2.05) is 0 Å². The van der Waals surface area contributed by atoms with Crippen molar-refractivity contribution < 1.29 is 14.3 Å². The van der Waals surface area contributed by atoms with E-state index in [-0.39, 0.29) is 10.7 Å². The summed E-state index contributed by atoms with van der Waals surface area (Å²) in [6.07, 6.45) is 0.626. The maximum Gasteiger partial charge on any atom is 0.339 e. The van der Waals surface area contributed by atoms with Gasteiger partial charge >= 0.3 is 5.97 Å². The van der Waals surface area contributed by atoms with Gasteiger partial charge in [-0.05, 0) is 19.1 Å². The fourth-order valence-electron chi connectivity index (χ4n) is 1.91. The molecule has 1 aromatic heterocycles. The van der Waals surface area contributed by atoms with Crippen LogP contribution in [0.4, 0.5) is 0 Å². The molecule has 0 aliphatic rings. The average Bonchev–Trinajstić information content (AvgIpc) is 2.51. The van der Waals surface area contributed by atoms with Gasteiger partial charge in [0.15, 0.2) is 6.10 Å². The second-order valence-electron chi connectivity index (χ2n) is 4.59. The minimum atomic E-state index is -0.918. The predicted molar refractivity (Wildman–Crippen MR) is 84.8 cm³/mol. The molecule has 0 saturated carbocycles. The number of nitrogens with zero attached hydrogens (tertiary/aromatic N) is 1. The first-order valence-electron chi connectivity index (χ1n) is 6.68. The number of esters is 1. The monoisotopic (exact) mass is 318 g/mol. The van der Waals surface area contributed by atoms with Gasteiger partial charge in [-0.15, -0.1) is 6.58 Å². The Kier molecular flexibility index (Phi) is 5.12. The van der Waals surface area contributed by atoms with Gasteiger partial charge in [0.05, 0.1) is 11.1 Å². The van der Waals surface area contributed by atoms with Crippen molar-refractivity contribution in [1.29, 1.82) is 0 Å². The molecule has 22 heavy (non-hydrogen) atoms. The lowest BCUT2D eigenvalue weighted by atomic mass is 10.1. The standard InChI is InChI=1S/C16H15ClN2O3/c1-3-8-18-15(20)10(2)22-16(21)12-9-14(17)19-13-7-5-4-6-11(12)13/h3-7,9-10H,1,8H2,2H3,(H,18,20)/t10-/m0/s1. The fourth-order valence-corrected chi connectivity index (χ4v) is 2.11. The van der Waals surface area contributed by atoms with Crippen molar-refractivity contribution in [2.24, 2.45) is 0 Å². The van der Waals surface area contributed by atoms with Gasteiger partial charge in [0.2, 0.25) is 0 Å². The lowest BCUT2D eigenvalue weighted by Gasteiger charge is -2.13. The number of ether oxygens (including phenoxy) is 1. The van der Waals surface area contributed by atoms with Crippen LogP contribution in [0, 0.1) is 0 Å². The Morgan fingerprint density at radius 2 is 2.18 bits per heavy atom. The molecule has 6 heteroatoms. The molecule has 0 aliphatic carbocycles. The Bertz CT molecular complexity index is 730. The summed E-state index contributed by atoms with van der Waals surface area (Å²) in [7, 11) is 0. The Hall–Kier alpha value is -2.40. The van der Waals surface area contributed by atoms with Crippen LogP contribution in [0.5, 0.6) is 0 Å². The number of halogens is 1. The summed E-state index contributed by atoms with van der Waals surface area (Å²) in [5.41, 5.74) is 0.865. The zero-order valence-electron chi connectivity index (χ0n) is 12.0. The third-order valence-electron chi connectivity index (χ3n) is 2.98. The van der Waals surface area contributed by atoms with Crippen LogP contribution in [0.25, 0.3) is 10.9 Å². The molecular formula is C16H15ClN2O3. The van der Waals surface area contributed by atoms with E-state index in [1.54, 1.807) is 30.3 Å². The van der Waals surface area contributed by atoms with Crippen LogP contribution in [0.1, 0.15) is 17.3 Å². The van der Waals surface area contributed by atoms with E-state index in [1.165, 1.54) is 13.0 Å². The van der Waals surface area contributed by atoms with Crippen LogP contribution in [0.2, 0.25) is 5.15 Å². The van der Waals surface area contributed by atoms with E-state index in [0.717, 1.165) is 0 Å². The molecule has 1 atom stereocenters. The number of benzene rings is 1. The van der Waals surface area contributed by atoms with Crippen molar-refractivity contribution in [1.82, 2.24) is 10.3 Å². The molecule has 0 bridgehead atoms. The normalized spacial score (nSPS) is 11.7. The molecule has 2 aromatic rings. The lowest BCUT2D eigenvalue weighted by molar-refractivity contribution is -0.128. The fraction of sp³-hybridized carbons (Fsp3) is 0.188. The molecule has 0 aliphatic heterocycles. The molecule has 0 spiro atoms. The van der Waals surface area contributed by atoms with Crippen LogP contribution >= 0.6 is 11.6 Å². The van der Waals surface area contributed by atoms with Crippen LogP contribution in [-0.2, 0) is 9.53 Å². The number of carbonyl (C=O) groups excluding carboxylic acids is 2. The van der Waals surface area contributed by atoms with Crippen molar-refractivity contribution in [2.75, 3.05) is 6.54 Å². The van der Waals surface area contributed by atoms with Crippen LogP contribution in [0.15, 0.2) is 43.0 Å². The highest BCUT2D eigenvalue weighted by Gasteiger charge is 2.20. The van der Waals surface area contributed by atoms with E-state index < -0.39 is 18.0 Å². The molecule has 1 N–H and O–H groups in total. The first kappa shape index (κ1) is 16.0. The van der Waals surface area contributed by atoms with Crippen molar-refractivity contribution in [2.45, 2.75) is 13.0 Å².